The first kappa shape index (κ1) is 13.5. The fourth-order valence-electron chi connectivity index (χ4n) is 3.05. The molecule has 3 heterocycles. The number of rotatable bonds is 1. The van der Waals surface area contributed by atoms with Gasteiger partial charge < -0.3 is 14.6 Å². The van der Waals surface area contributed by atoms with Crippen molar-refractivity contribution in [3.8, 4) is 0 Å². The van der Waals surface area contributed by atoms with Crippen LogP contribution in [0.4, 0.5) is 13.2 Å². The van der Waals surface area contributed by atoms with E-state index < -0.39 is 23.4 Å². The maximum absolute atomic E-state index is 12.9. The fourth-order valence-corrected chi connectivity index (χ4v) is 3.05. The van der Waals surface area contributed by atoms with Gasteiger partial charge in [0, 0.05) is 26.2 Å². The Kier molecular flexibility index (Phi) is 3.04. The molecule has 0 spiro atoms. The van der Waals surface area contributed by atoms with Crippen LogP contribution in [0, 0.1) is 18.8 Å². The SMILES string of the molecule is Cc1cc(C(F)(F)F)c(C(=O)N2CC3CNCC3C2)o1. The lowest BCUT2D eigenvalue weighted by molar-refractivity contribution is -0.138. The molecule has 2 aliphatic rings. The number of alkyl halides is 3. The number of hydrogen-bond acceptors (Lipinski definition) is 3. The van der Waals surface area contributed by atoms with Crippen molar-refractivity contribution < 1.29 is 22.4 Å². The molecule has 7 heteroatoms. The molecule has 1 aromatic heterocycles. The van der Waals surface area contributed by atoms with Crippen LogP contribution in [-0.4, -0.2) is 37.0 Å². The number of furan rings is 1. The van der Waals surface area contributed by atoms with Crippen LogP contribution in [0.2, 0.25) is 0 Å². The van der Waals surface area contributed by atoms with Gasteiger partial charge >= 0.3 is 6.18 Å². The van der Waals surface area contributed by atoms with Crippen LogP contribution < -0.4 is 5.32 Å². The zero-order chi connectivity index (χ0) is 14.5. The van der Waals surface area contributed by atoms with Gasteiger partial charge in [-0.25, -0.2) is 0 Å². The van der Waals surface area contributed by atoms with Crippen molar-refractivity contribution in [2.75, 3.05) is 26.2 Å². The molecule has 0 radical (unpaired) electrons. The number of fused-ring (bicyclic) bond motifs is 1. The molecule has 4 nitrogen and oxygen atoms in total. The number of aryl methyl sites for hydroxylation is 1. The highest BCUT2D eigenvalue weighted by Crippen LogP contribution is 2.36. The van der Waals surface area contributed by atoms with Gasteiger partial charge in [0.25, 0.3) is 5.91 Å². The van der Waals surface area contributed by atoms with Gasteiger partial charge in [-0.2, -0.15) is 13.2 Å². The van der Waals surface area contributed by atoms with Crippen LogP contribution in [0.3, 0.4) is 0 Å². The number of carbonyl (C=O) groups is 1. The number of hydrogen-bond donors (Lipinski definition) is 1. The first-order chi connectivity index (χ1) is 9.36. The average Bonchev–Trinajstić information content (AvgIpc) is 2.98. The second-order valence-electron chi connectivity index (χ2n) is 5.49. The molecule has 2 fully saturated rings. The minimum absolute atomic E-state index is 0.0988. The van der Waals surface area contributed by atoms with E-state index in [9.17, 15) is 18.0 Å². The first-order valence-electron chi connectivity index (χ1n) is 6.54. The fraction of sp³-hybridized carbons (Fsp3) is 0.615. The molecule has 0 saturated carbocycles. The number of nitrogens with one attached hydrogen (secondary N) is 1. The van der Waals surface area contributed by atoms with E-state index in [1.165, 1.54) is 11.8 Å². The minimum atomic E-state index is -4.57. The molecule has 2 unspecified atom stereocenters. The Morgan fingerprint density at radius 1 is 1.35 bits per heavy atom. The van der Waals surface area contributed by atoms with Crippen LogP contribution >= 0.6 is 0 Å². The number of halogens is 3. The molecule has 2 atom stereocenters. The van der Waals surface area contributed by atoms with Gasteiger partial charge in [0.15, 0.2) is 0 Å². The van der Waals surface area contributed by atoms with Crippen LogP contribution in [0.15, 0.2) is 10.5 Å². The van der Waals surface area contributed by atoms with Crippen molar-refractivity contribution in [2.45, 2.75) is 13.1 Å². The lowest BCUT2D eigenvalue weighted by Crippen LogP contribution is -2.32. The number of carbonyl (C=O) groups excluding carboxylic acids is 1. The van der Waals surface area contributed by atoms with E-state index in [0.717, 1.165) is 19.2 Å². The normalized spacial score (nSPS) is 26.1. The first-order valence-corrected chi connectivity index (χ1v) is 6.54. The molecule has 0 aliphatic carbocycles. The predicted octanol–water partition coefficient (Wildman–Crippen LogP) is 1.90. The molecule has 0 bridgehead atoms. The Morgan fingerprint density at radius 2 is 1.95 bits per heavy atom. The summed E-state index contributed by atoms with van der Waals surface area (Å²) in [6, 6.07) is 0.881. The average molecular weight is 288 g/mol. The molecule has 3 rings (SSSR count). The highest BCUT2D eigenvalue weighted by molar-refractivity contribution is 5.93. The highest BCUT2D eigenvalue weighted by atomic mass is 19.4. The Labute approximate surface area is 113 Å². The Bertz CT molecular complexity index is 526. The minimum Gasteiger partial charge on any atom is -0.456 e. The molecule has 1 aromatic rings. The molecule has 2 aliphatic heterocycles. The Morgan fingerprint density at radius 3 is 2.50 bits per heavy atom. The highest BCUT2D eigenvalue weighted by Gasteiger charge is 2.43. The van der Waals surface area contributed by atoms with Crippen molar-refractivity contribution in [2.24, 2.45) is 11.8 Å². The van der Waals surface area contributed by atoms with E-state index in [0.29, 0.717) is 24.9 Å². The summed E-state index contributed by atoms with van der Waals surface area (Å²) in [4.78, 5) is 13.7. The van der Waals surface area contributed by atoms with Gasteiger partial charge in [0.05, 0.1) is 0 Å². The summed E-state index contributed by atoms with van der Waals surface area (Å²) in [6.45, 7) is 4.03. The van der Waals surface area contributed by atoms with Gasteiger partial charge in [-0.15, -0.1) is 0 Å². The number of likely N-dealkylation sites (tertiary alicyclic amines) is 1. The summed E-state index contributed by atoms with van der Waals surface area (Å²) in [5.74, 6) is -0.460. The van der Waals surface area contributed by atoms with Gasteiger partial charge in [0.2, 0.25) is 5.76 Å². The van der Waals surface area contributed by atoms with Gasteiger partial charge in [-0.3, -0.25) is 4.79 Å². The summed E-state index contributed by atoms with van der Waals surface area (Å²) < 4.78 is 43.7. The van der Waals surface area contributed by atoms with E-state index in [1.807, 2.05) is 0 Å². The third kappa shape index (κ3) is 2.19. The summed E-state index contributed by atoms with van der Waals surface area (Å²) in [6.07, 6.45) is -4.57. The van der Waals surface area contributed by atoms with E-state index in [4.69, 9.17) is 4.42 Å². The summed E-state index contributed by atoms with van der Waals surface area (Å²) in [5, 5.41) is 3.22. The number of amides is 1. The molecular formula is C13H15F3N2O2. The van der Waals surface area contributed by atoms with Crippen molar-refractivity contribution in [3.05, 3.63) is 23.2 Å². The number of nitrogens with zero attached hydrogens (tertiary/aromatic N) is 1. The third-order valence-corrected chi connectivity index (χ3v) is 4.03. The molecular weight excluding hydrogens is 273 g/mol. The topological polar surface area (TPSA) is 45.5 Å². The molecule has 1 amide bonds. The van der Waals surface area contributed by atoms with Crippen molar-refractivity contribution >= 4 is 5.91 Å². The van der Waals surface area contributed by atoms with Gasteiger partial charge in [-0.05, 0) is 24.8 Å². The maximum Gasteiger partial charge on any atom is 0.420 e. The van der Waals surface area contributed by atoms with Crippen LogP contribution in [0.1, 0.15) is 21.9 Å². The van der Waals surface area contributed by atoms with E-state index in [1.54, 1.807) is 0 Å². The largest absolute Gasteiger partial charge is 0.456 e. The third-order valence-electron chi connectivity index (χ3n) is 4.03. The Balaban J connectivity index is 1.85. The zero-order valence-corrected chi connectivity index (χ0v) is 11.0. The van der Waals surface area contributed by atoms with Gasteiger partial charge in [-0.1, -0.05) is 0 Å². The van der Waals surface area contributed by atoms with E-state index in [2.05, 4.69) is 5.32 Å². The molecule has 20 heavy (non-hydrogen) atoms. The predicted molar refractivity (Wildman–Crippen MR) is 64.2 cm³/mol. The maximum atomic E-state index is 12.9. The van der Waals surface area contributed by atoms with E-state index >= 15 is 0 Å². The lowest BCUT2D eigenvalue weighted by atomic mass is 10.0. The smallest absolute Gasteiger partial charge is 0.420 e. The summed E-state index contributed by atoms with van der Waals surface area (Å²) in [7, 11) is 0. The van der Waals surface area contributed by atoms with Crippen LogP contribution in [0.5, 0.6) is 0 Å². The monoisotopic (exact) mass is 288 g/mol. The standard InChI is InChI=1S/C13H15F3N2O2/c1-7-2-10(13(14,15)16)11(20-7)12(19)18-5-8-3-17-4-9(8)6-18/h2,8-9,17H,3-6H2,1H3. The van der Waals surface area contributed by atoms with Crippen molar-refractivity contribution in [3.63, 3.8) is 0 Å². The molecule has 2 saturated heterocycles. The van der Waals surface area contributed by atoms with E-state index in [-0.39, 0.29) is 5.76 Å². The second-order valence-corrected chi connectivity index (χ2v) is 5.49. The molecule has 0 aromatic carbocycles. The summed E-state index contributed by atoms with van der Waals surface area (Å²) >= 11 is 0. The summed E-state index contributed by atoms with van der Waals surface area (Å²) in [5.41, 5.74) is -0.977. The van der Waals surface area contributed by atoms with Crippen LogP contribution in [-0.2, 0) is 6.18 Å². The molecule has 1 N–H and O–H groups in total. The Hall–Kier alpha value is -1.50. The van der Waals surface area contributed by atoms with Gasteiger partial charge in [0.1, 0.15) is 11.3 Å². The zero-order valence-electron chi connectivity index (χ0n) is 11.0. The van der Waals surface area contributed by atoms with Crippen molar-refractivity contribution in [1.29, 1.82) is 0 Å². The molecule has 110 valence electrons. The quantitative estimate of drug-likeness (QED) is 0.858. The van der Waals surface area contributed by atoms with Crippen LogP contribution in [0.25, 0.3) is 0 Å². The van der Waals surface area contributed by atoms with Crippen molar-refractivity contribution in [1.82, 2.24) is 10.2 Å². The second kappa shape index (κ2) is 4.51. The lowest BCUT2D eigenvalue weighted by Gasteiger charge is -2.17.